The van der Waals surface area contributed by atoms with Crippen LogP contribution < -0.4 is 0 Å². The Kier molecular flexibility index (Phi) is 3.71. The highest BCUT2D eigenvalue weighted by Gasteiger charge is 1.87. The standard InChI is InChI=1S/C5H8N2.CH4O/c1-4-5(2)7-3-6-4;1-2/h3H,1-2H3,(H,6,7);2H,1H3. The average Bonchev–Trinajstić information content (AvgIpc) is 2.23. The van der Waals surface area contributed by atoms with Gasteiger partial charge in [-0.1, -0.05) is 0 Å². The van der Waals surface area contributed by atoms with Gasteiger partial charge in [-0.25, -0.2) is 4.98 Å². The number of nitrogens with zero attached hydrogens (tertiary/aromatic N) is 1. The van der Waals surface area contributed by atoms with Crippen LogP contribution in [-0.4, -0.2) is 22.2 Å². The number of aromatic amines is 1. The van der Waals surface area contributed by atoms with E-state index in [4.69, 9.17) is 5.11 Å². The monoisotopic (exact) mass is 128 g/mol. The highest BCUT2D eigenvalue weighted by atomic mass is 16.2. The summed E-state index contributed by atoms with van der Waals surface area (Å²) in [5, 5.41) is 7.00. The van der Waals surface area contributed by atoms with E-state index in [9.17, 15) is 0 Å². The van der Waals surface area contributed by atoms with Crippen LogP contribution in [0.1, 0.15) is 11.4 Å². The first-order valence-electron chi connectivity index (χ1n) is 2.72. The Balaban J connectivity index is 0.000000291. The van der Waals surface area contributed by atoms with Crippen molar-refractivity contribution < 1.29 is 5.11 Å². The van der Waals surface area contributed by atoms with Crippen LogP contribution in [-0.2, 0) is 0 Å². The van der Waals surface area contributed by atoms with E-state index < -0.39 is 0 Å². The number of hydrogen-bond acceptors (Lipinski definition) is 2. The Morgan fingerprint density at radius 3 is 2.11 bits per heavy atom. The maximum atomic E-state index is 7.00. The van der Waals surface area contributed by atoms with E-state index in [0.717, 1.165) is 18.5 Å². The van der Waals surface area contributed by atoms with Gasteiger partial charge in [-0.3, -0.25) is 0 Å². The molecule has 0 bridgehead atoms. The summed E-state index contributed by atoms with van der Waals surface area (Å²) in [6.07, 6.45) is 1.70. The van der Waals surface area contributed by atoms with Gasteiger partial charge < -0.3 is 10.1 Å². The van der Waals surface area contributed by atoms with Gasteiger partial charge in [0, 0.05) is 12.8 Å². The summed E-state index contributed by atoms with van der Waals surface area (Å²) in [4.78, 5) is 6.92. The number of aliphatic hydroxyl groups is 1. The number of imidazole rings is 1. The normalized spacial score (nSPS) is 8.00. The predicted molar refractivity (Wildman–Crippen MR) is 36.2 cm³/mol. The minimum absolute atomic E-state index is 1.00. The van der Waals surface area contributed by atoms with E-state index in [0.29, 0.717) is 0 Å². The topological polar surface area (TPSA) is 48.9 Å². The molecule has 0 saturated carbocycles. The fraction of sp³-hybridized carbons (Fsp3) is 0.500. The number of H-pyrrole nitrogens is 1. The molecule has 0 spiro atoms. The first-order chi connectivity index (χ1) is 4.30. The van der Waals surface area contributed by atoms with Crippen molar-refractivity contribution in [1.82, 2.24) is 9.97 Å². The largest absolute Gasteiger partial charge is 0.400 e. The minimum atomic E-state index is 1.00. The summed E-state index contributed by atoms with van der Waals surface area (Å²) >= 11 is 0. The molecule has 0 aromatic carbocycles. The number of nitrogens with one attached hydrogen (secondary N) is 1. The van der Waals surface area contributed by atoms with Crippen molar-refractivity contribution in [3.63, 3.8) is 0 Å². The Hall–Kier alpha value is -0.830. The number of rotatable bonds is 0. The van der Waals surface area contributed by atoms with Crippen molar-refractivity contribution in [2.75, 3.05) is 7.11 Å². The molecule has 52 valence electrons. The lowest BCUT2D eigenvalue weighted by atomic mass is 10.4. The van der Waals surface area contributed by atoms with Gasteiger partial charge >= 0.3 is 0 Å². The zero-order valence-corrected chi connectivity index (χ0v) is 5.97. The fourth-order valence-corrected chi connectivity index (χ4v) is 0.427. The summed E-state index contributed by atoms with van der Waals surface area (Å²) in [6.45, 7) is 3.98. The van der Waals surface area contributed by atoms with E-state index >= 15 is 0 Å². The average molecular weight is 128 g/mol. The lowest BCUT2D eigenvalue weighted by Gasteiger charge is -1.79. The zero-order valence-electron chi connectivity index (χ0n) is 5.97. The van der Waals surface area contributed by atoms with Crippen LogP contribution in [0.25, 0.3) is 0 Å². The third-order valence-corrected chi connectivity index (χ3v) is 1.08. The number of aryl methyl sites for hydroxylation is 2. The number of aliphatic hydroxyl groups excluding tert-OH is 1. The second kappa shape index (κ2) is 4.09. The number of hydrogen-bond donors (Lipinski definition) is 2. The van der Waals surface area contributed by atoms with Crippen molar-refractivity contribution in [3.8, 4) is 0 Å². The molecule has 1 rings (SSSR count). The van der Waals surface area contributed by atoms with E-state index in [-0.39, 0.29) is 0 Å². The molecule has 0 unspecified atom stereocenters. The molecule has 0 atom stereocenters. The smallest absolute Gasteiger partial charge is 0.0925 e. The van der Waals surface area contributed by atoms with Crippen LogP contribution in [0.3, 0.4) is 0 Å². The van der Waals surface area contributed by atoms with Crippen molar-refractivity contribution >= 4 is 0 Å². The Morgan fingerprint density at radius 2 is 2.00 bits per heavy atom. The van der Waals surface area contributed by atoms with Crippen molar-refractivity contribution in [1.29, 1.82) is 0 Å². The summed E-state index contributed by atoms with van der Waals surface area (Å²) in [7, 11) is 1.00. The first kappa shape index (κ1) is 8.17. The molecule has 1 aromatic rings. The van der Waals surface area contributed by atoms with Gasteiger partial charge in [-0.2, -0.15) is 0 Å². The maximum Gasteiger partial charge on any atom is 0.0925 e. The zero-order chi connectivity index (χ0) is 7.28. The van der Waals surface area contributed by atoms with Crippen LogP contribution in [0.15, 0.2) is 6.33 Å². The summed E-state index contributed by atoms with van der Waals surface area (Å²) in [5.41, 5.74) is 2.24. The molecule has 0 aliphatic carbocycles. The van der Waals surface area contributed by atoms with Gasteiger partial charge in [-0.05, 0) is 13.8 Å². The Labute approximate surface area is 54.8 Å². The second-order valence-electron chi connectivity index (χ2n) is 1.61. The van der Waals surface area contributed by atoms with Gasteiger partial charge in [0.2, 0.25) is 0 Å². The van der Waals surface area contributed by atoms with Gasteiger partial charge in [0.1, 0.15) is 0 Å². The molecule has 0 saturated heterocycles. The van der Waals surface area contributed by atoms with E-state index in [1.165, 1.54) is 0 Å². The van der Waals surface area contributed by atoms with Crippen LogP contribution in [0.2, 0.25) is 0 Å². The molecular formula is C6H12N2O. The molecule has 1 aromatic heterocycles. The Bertz CT molecular complexity index is 143. The van der Waals surface area contributed by atoms with E-state index in [1.54, 1.807) is 6.33 Å². The quantitative estimate of drug-likeness (QED) is 0.538. The second-order valence-corrected chi connectivity index (χ2v) is 1.61. The maximum absolute atomic E-state index is 7.00. The summed E-state index contributed by atoms with van der Waals surface area (Å²) < 4.78 is 0. The highest BCUT2D eigenvalue weighted by Crippen LogP contribution is 1.94. The van der Waals surface area contributed by atoms with Gasteiger partial charge in [0.25, 0.3) is 0 Å². The molecule has 0 aliphatic heterocycles. The van der Waals surface area contributed by atoms with Gasteiger partial charge in [0.05, 0.1) is 12.0 Å². The predicted octanol–water partition coefficient (Wildman–Crippen LogP) is 0.635. The number of aromatic nitrogens is 2. The third kappa shape index (κ3) is 2.28. The molecule has 0 radical (unpaired) electrons. The lowest BCUT2D eigenvalue weighted by molar-refractivity contribution is 0.399. The first-order valence-corrected chi connectivity index (χ1v) is 2.72. The molecular weight excluding hydrogens is 116 g/mol. The molecule has 0 aliphatic rings. The van der Waals surface area contributed by atoms with Crippen molar-refractivity contribution in [3.05, 3.63) is 17.7 Å². The van der Waals surface area contributed by atoms with Crippen molar-refractivity contribution in [2.24, 2.45) is 0 Å². The minimum Gasteiger partial charge on any atom is -0.400 e. The van der Waals surface area contributed by atoms with Crippen molar-refractivity contribution in [2.45, 2.75) is 13.8 Å². The summed E-state index contributed by atoms with van der Waals surface area (Å²) in [6, 6.07) is 0. The Morgan fingerprint density at radius 1 is 1.44 bits per heavy atom. The van der Waals surface area contributed by atoms with Crippen LogP contribution >= 0.6 is 0 Å². The molecule has 9 heavy (non-hydrogen) atoms. The fourth-order valence-electron chi connectivity index (χ4n) is 0.427. The SMILES string of the molecule is CO.Cc1nc[nH]c1C. The van der Waals surface area contributed by atoms with Crippen LogP contribution in [0.4, 0.5) is 0 Å². The molecule has 1 heterocycles. The van der Waals surface area contributed by atoms with E-state index in [2.05, 4.69) is 9.97 Å². The van der Waals surface area contributed by atoms with Gasteiger partial charge in [-0.15, -0.1) is 0 Å². The molecule has 3 nitrogen and oxygen atoms in total. The van der Waals surface area contributed by atoms with Crippen LogP contribution in [0.5, 0.6) is 0 Å². The molecule has 3 heteroatoms. The van der Waals surface area contributed by atoms with Crippen LogP contribution in [0, 0.1) is 13.8 Å². The summed E-state index contributed by atoms with van der Waals surface area (Å²) in [5.74, 6) is 0. The van der Waals surface area contributed by atoms with E-state index in [1.807, 2.05) is 13.8 Å². The van der Waals surface area contributed by atoms with Gasteiger partial charge in [0.15, 0.2) is 0 Å². The molecule has 0 amide bonds. The molecule has 0 fully saturated rings. The lowest BCUT2D eigenvalue weighted by Crippen LogP contribution is -1.71. The highest BCUT2D eigenvalue weighted by molar-refractivity contribution is 5.04. The third-order valence-electron chi connectivity index (χ3n) is 1.08. The molecule has 2 N–H and O–H groups in total.